The molecule has 16 heavy (non-hydrogen) atoms. The second-order valence-electron chi connectivity index (χ2n) is 3.21. The maximum atomic E-state index is 8.13. The number of hydrogen-bond acceptors (Lipinski definition) is 4. The van der Waals surface area contributed by atoms with Crippen LogP contribution in [0.15, 0.2) is 17.3 Å². The van der Waals surface area contributed by atoms with E-state index in [1.54, 1.807) is 6.21 Å². The molecule has 0 atom stereocenters. The van der Waals surface area contributed by atoms with Crippen molar-refractivity contribution in [1.82, 2.24) is 0 Å². The molecule has 0 heterocycles. The Morgan fingerprint density at radius 2 is 1.50 bits per heavy atom. The van der Waals surface area contributed by atoms with Gasteiger partial charge in [-0.2, -0.15) is 0 Å². The summed E-state index contributed by atoms with van der Waals surface area (Å²) in [7, 11) is 0. The summed E-state index contributed by atoms with van der Waals surface area (Å²) < 4.78 is 0. The Morgan fingerprint density at radius 3 is 2.00 bits per heavy atom. The maximum Gasteiger partial charge on any atom is 0.0435 e. The summed E-state index contributed by atoms with van der Waals surface area (Å²) in [6, 6.07) is 0. The van der Waals surface area contributed by atoms with Gasteiger partial charge in [-0.05, 0) is 32.6 Å². The van der Waals surface area contributed by atoms with Crippen molar-refractivity contribution in [2.24, 2.45) is 11.1 Å². The minimum atomic E-state index is 0. The van der Waals surface area contributed by atoms with Crippen LogP contribution in [0.25, 0.3) is 0 Å². The van der Waals surface area contributed by atoms with E-state index in [4.69, 9.17) is 10.4 Å². The number of rotatable bonds is 8. The third-order valence-corrected chi connectivity index (χ3v) is 2.02. The van der Waals surface area contributed by atoms with Gasteiger partial charge in [-0.15, -0.1) is 17.6 Å². The number of hydrogen-bond donors (Lipinski definition) is 3. The van der Waals surface area contributed by atoms with Crippen molar-refractivity contribution >= 4 is 18.6 Å². The van der Waals surface area contributed by atoms with E-state index in [1.807, 2.05) is 0 Å². The van der Waals surface area contributed by atoms with Crippen molar-refractivity contribution in [3.63, 3.8) is 0 Å². The van der Waals surface area contributed by atoms with Crippen molar-refractivity contribution in [2.75, 3.05) is 0 Å². The van der Waals surface area contributed by atoms with Crippen LogP contribution >= 0.6 is 12.4 Å². The Kier molecular flexibility index (Phi) is 31.1. The molecule has 0 aliphatic heterocycles. The molecule has 98 valence electrons. The van der Waals surface area contributed by atoms with Crippen molar-refractivity contribution in [2.45, 2.75) is 51.9 Å². The van der Waals surface area contributed by atoms with E-state index in [0.29, 0.717) is 0 Å². The number of oxime groups is 1. The van der Waals surface area contributed by atoms with Crippen molar-refractivity contribution < 1.29 is 10.4 Å². The first-order chi connectivity index (χ1) is 7.41. The van der Waals surface area contributed by atoms with Gasteiger partial charge in [0, 0.05) is 6.21 Å². The molecule has 0 radical (unpaired) electrons. The van der Waals surface area contributed by atoms with Crippen LogP contribution in [0.3, 0.4) is 0 Å². The van der Waals surface area contributed by atoms with Crippen LogP contribution in [-0.4, -0.2) is 16.6 Å². The second kappa shape index (κ2) is 23.9. The van der Waals surface area contributed by atoms with Crippen LogP contribution < -0.4 is 5.90 Å². The highest BCUT2D eigenvalue weighted by molar-refractivity contribution is 5.85. The van der Waals surface area contributed by atoms with Crippen molar-refractivity contribution in [3.8, 4) is 0 Å². The molecule has 0 saturated heterocycles. The lowest BCUT2D eigenvalue weighted by molar-refractivity contribution is 0.311. The Bertz CT molecular complexity index is 137. The Morgan fingerprint density at radius 1 is 1.00 bits per heavy atom. The van der Waals surface area contributed by atoms with E-state index in [9.17, 15) is 0 Å². The highest BCUT2D eigenvalue weighted by Gasteiger charge is 1.88. The summed E-state index contributed by atoms with van der Waals surface area (Å²) in [5.41, 5.74) is 0. The number of allylic oxidation sites excluding steroid dienone is 2. The maximum absolute atomic E-state index is 8.13. The third kappa shape index (κ3) is 23.3. The molecular formula is C11H25ClN2O2. The molecule has 0 aliphatic rings. The van der Waals surface area contributed by atoms with Crippen LogP contribution in [0, 0.1) is 0 Å². The number of nitrogens with two attached hydrogens (primary N) is 1. The standard InChI is InChI=1S/C11H21NO.ClH.H3NO/c1-2-3-4-5-6-7-8-9-10-11-12-13;;1-2/h2-3,11,13H,4-10H2,1H3;1H;2H,1H2/b3-2+,12-11-;;. The quantitative estimate of drug-likeness (QED) is 0.203. The first-order valence-corrected chi connectivity index (χ1v) is 5.44. The lowest BCUT2D eigenvalue weighted by atomic mass is 10.1. The average Bonchev–Trinajstić information content (AvgIpc) is 2.30. The van der Waals surface area contributed by atoms with Crippen molar-refractivity contribution in [1.29, 1.82) is 0 Å². The van der Waals surface area contributed by atoms with Crippen LogP contribution in [0.5, 0.6) is 0 Å². The molecule has 0 saturated carbocycles. The Labute approximate surface area is 105 Å². The normalized spacial score (nSPS) is 9.94. The molecule has 0 spiro atoms. The fourth-order valence-electron chi connectivity index (χ4n) is 1.25. The smallest absolute Gasteiger partial charge is 0.0435 e. The van der Waals surface area contributed by atoms with E-state index in [1.165, 1.54) is 32.1 Å². The van der Waals surface area contributed by atoms with Gasteiger partial charge in [0.25, 0.3) is 0 Å². The molecule has 0 fully saturated rings. The van der Waals surface area contributed by atoms with E-state index in [2.05, 4.69) is 30.1 Å². The van der Waals surface area contributed by atoms with Gasteiger partial charge in [0.15, 0.2) is 0 Å². The van der Waals surface area contributed by atoms with E-state index >= 15 is 0 Å². The average molecular weight is 253 g/mol. The Balaban J connectivity index is -0.000000529. The number of unbranched alkanes of at least 4 members (excludes halogenated alkanes) is 6. The zero-order valence-electron chi connectivity index (χ0n) is 10.0. The molecule has 0 aromatic carbocycles. The summed E-state index contributed by atoms with van der Waals surface area (Å²) in [5, 5.41) is 17.6. The predicted molar refractivity (Wildman–Crippen MR) is 70.6 cm³/mol. The van der Waals surface area contributed by atoms with Gasteiger partial charge in [-0.25, -0.2) is 5.90 Å². The van der Waals surface area contributed by atoms with E-state index in [-0.39, 0.29) is 12.4 Å². The number of nitrogens with zero attached hydrogens (tertiary/aromatic N) is 1. The first-order valence-electron chi connectivity index (χ1n) is 5.44. The van der Waals surface area contributed by atoms with E-state index < -0.39 is 0 Å². The molecule has 0 rings (SSSR count). The van der Waals surface area contributed by atoms with Gasteiger partial charge in [0.1, 0.15) is 0 Å². The Hall–Kier alpha value is -0.580. The number of halogens is 1. The molecule has 0 amide bonds. The van der Waals surface area contributed by atoms with Gasteiger partial charge in [-0.1, -0.05) is 31.4 Å². The topological polar surface area (TPSA) is 78.8 Å². The lowest BCUT2D eigenvalue weighted by Gasteiger charge is -1.97. The highest BCUT2D eigenvalue weighted by atomic mass is 35.5. The fraction of sp³-hybridized carbons (Fsp3) is 0.727. The second-order valence-corrected chi connectivity index (χ2v) is 3.21. The van der Waals surface area contributed by atoms with Gasteiger partial charge in [-0.3, -0.25) is 0 Å². The molecule has 0 aromatic heterocycles. The van der Waals surface area contributed by atoms with E-state index in [0.717, 1.165) is 12.8 Å². The highest BCUT2D eigenvalue weighted by Crippen LogP contribution is 2.06. The zero-order valence-corrected chi connectivity index (χ0v) is 10.8. The summed E-state index contributed by atoms with van der Waals surface area (Å²) in [5.74, 6) is 3.50. The lowest BCUT2D eigenvalue weighted by Crippen LogP contribution is -1.80. The molecule has 4 nitrogen and oxygen atoms in total. The minimum Gasteiger partial charge on any atom is -0.411 e. The first kappa shape index (κ1) is 20.8. The largest absolute Gasteiger partial charge is 0.411 e. The zero-order chi connectivity index (χ0) is 11.8. The molecule has 5 heteroatoms. The molecule has 0 bridgehead atoms. The third-order valence-electron chi connectivity index (χ3n) is 2.02. The molecule has 0 aromatic rings. The summed E-state index contributed by atoms with van der Waals surface area (Å²) in [4.78, 5) is 0. The molecule has 0 unspecified atom stereocenters. The van der Waals surface area contributed by atoms with Gasteiger partial charge >= 0.3 is 0 Å². The van der Waals surface area contributed by atoms with Gasteiger partial charge < -0.3 is 10.4 Å². The van der Waals surface area contributed by atoms with Gasteiger partial charge in [0.2, 0.25) is 0 Å². The van der Waals surface area contributed by atoms with Crippen LogP contribution in [0.2, 0.25) is 0 Å². The van der Waals surface area contributed by atoms with Crippen LogP contribution in [0.1, 0.15) is 51.9 Å². The summed E-state index contributed by atoms with van der Waals surface area (Å²) >= 11 is 0. The minimum absolute atomic E-state index is 0. The predicted octanol–water partition coefficient (Wildman–Crippen LogP) is 3.51. The van der Waals surface area contributed by atoms with Crippen LogP contribution in [-0.2, 0) is 0 Å². The SMILES string of the molecule is C/C=C/CCCCCCC/C=N\O.Cl.NO. The van der Waals surface area contributed by atoms with Crippen LogP contribution in [0.4, 0.5) is 0 Å². The summed E-state index contributed by atoms with van der Waals surface area (Å²) in [6.07, 6.45) is 14.3. The summed E-state index contributed by atoms with van der Waals surface area (Å²) in [6.45, 7) is 2.06. The molecule has 4 N–H and O–H groups in total. The monoisotopic (exact) mass is 252 g/mol. The van der Waals surface area contributed by atoms with Crippen molar-refractivity contribution in [3.05, 3.63) is 12.2 Å². The van der Waals surface area contributed by atoms with Gasteiger partial charge in [0.05, 0.1) is 0 Å². The molecular weight excluding hydrogens is 228 g/mol. The fourth-order valence-corrected chi connectivity index (χ4v) is 1.25. The molecule has 0 aliphatic carbocycles.